The van der Waals surface area contributed by atoms with E-state index in [1.807, 2.05) is 35.2 Å². The van der Waals surface area contributed by atoms with Crippen LogP contribution in [0.25, 0.3) is 10.2 Å². The van der Waals surface area contributed by atoms with Crippen LogP contribution in [0.15, 0.2) is 48.5 Å². The molecule has 0 spiro atoms. The number of para-hydroxylation sites is 1. The molecule has 0 unspecified atom stereocenters. The first kappa shape index (κ1) is 21.0. The number of thiazole rings is 1. The lowest BCUT2D eigenvalue weighted by atomic mass is 10.1. The molecule has 5 nitrogen and oxygen atoms in total. The molecule has 2 aromatic carbocycles. The molecule has 0 saturated carbocycles. The largest absolute Gasteiger partial charge is 0.379 e. The number of hydrogen-bond donors (Lipinski definition) is 0. The van der Waals surface area contributed by atoms with E-state index in [1.165, 1.54) is 5.56 Å². The number of rotatable bonds is 8. The molecule has 1 aliphatic rings. The quantitative estimate of drug-likeness (QED) is 0.546. The van der Waals surface area contributed by atoms with Crippen LogP contribution >= 0.6 is 11.3 Å². The first-order valence-corrected chi connectivity index (χ1v) is 11.6. The number of aryl methyl sites for hydroxylation is 1. The Hall–Kier alpha value is -2.28. The summed E-state index contributed by atoms with van der Waals surface area (Å²) in [4.78, 5) is 22.5. The molecule has 1 aliphatic heterocycles. The molecule has 158 valence electrons. The lowest BCUT2D eigenvalue weighted by Gasteiger charge is -2.27. The molecule has 0 atom stereocenters. The van der Waals surface area contributed by atoms with Gasteiger partial charge < -0.3 is 4.74 Å². The molecule has 0 bridgehead atoms. The van der Waals surface area contributed by atoms with E-state index in [4.69, 9.17) is 9.72 Å². The third kappa shape index (κ3) is 5.06. The van der Waals surface area contributed by atoms with Crippen LogP contribution in [0, 0.1) is 0 Å². The molecular formula is C24H29N3O2S. The van der Waals surface area contributed by atoms with Crippen LogP contribution in [-0.2, 0) is 22.4 Å². The maximum atomic E-state index is 13.3. The monoisotopic (exact) mass is 423 g/mol. The van der Waals surface area contributed by atoms with Crippen LogP contribution < -0.4 is 4.90 Å². The van der Waals surface area contributed by atoms with Crippen molar-refractivity contribution in [2.24, 2.45) is 0 Å². The highest BCUT2D eigenvalue weighted by Crippen LogP contribution is 2.31. The number of anilines is 1. The molecule has 1 amide bonds. The van der Waals surface area contributed by atoms with Gasteiger partial charge in [0, 0.05) is 26.2 Å². The Morgan fingerprint density at radius 2 is 1.93 bits per heavy atom. The third-order valence-corrected chi connectivity index (χ3v) is 6.61. The van der Waals surface area contributed by atoms with Crippen LogP contribution in [0.5, 0.6) is 0 Å². The number of carbonyl (C=O) groups is 1. The number of carbonyl (C=O) groups excluding carboxylic acids is 1. The van der Waals surface area contributed by atoms with Crippen molar-refractivity contribution in [3.8, 4) is 0 Å². The Morgan fingerprint density at radius 1 is 1.13 bits per heavy atom. The minimum Gasteiger partial charge on any atom is -0.379 e. The fourth-order valence-electron chi connectivity index (χ4n) is 3.86. The molecular weight excluding hydrogens is 394 g/mol. The topological polar surface area (TPSA) is 45.7 Å². The van der Waals surface area contributed by atoms with E-state index < -0.39 is 0 Å². The van der Waals surface area contributed by atoms with Gasteiger partial charge in [-0.1, -0.05) is 60.7 Å². The number of benzene rings is 2. The van der Waals surface area contributed by atoms with Gasteiger partial charge in [0.2, 0.25) is 5.91 Å². The van der Waals surface area contributed by atoms with Crippen molar-refractivity contribution in [3.63, 3.8) is 0 Å². The summed E-state index contributed by atoms with van der Waals surface area (Å²) >= 11 is 1.62. The van der Waals surface area contributed by atoms with Crippen molar-refractivity contribution >= 4 is 32.6 Å². The van der Waals surface area contributed by atoms with Gasteiger partial charge in [0.15, 0.2) is 5.13 Å². The van der Waals surface area contributed by atoms with E-state index in [0.717, 1.165) is 66.6 Å². The maximum absolute atomic E-state index is 13.3. The number of hydrogen-bond acceptors (Lipinski definition) is 5. The van der Waals surface area contributed by atoms with Crippen LogP contribution in [0.4, 0.5) is 5.13 Å². The highest BCUT2D eigenvalue weighted by Gasteiger charge is 2.21. The number of aromatic nitrogens is 1. The van der Waals surface area contributed by atoms with Crippen LogP contribution in [-0.4, -0.2) is 55.2 Å². The summed E-state index contributed by atoms with van der Waals surface area (Å²) in [6.07, 6.45) is 2.27. The fourth-order valence-corrected chi connectivity index (χ4v) is 4.92. The van der Waals surface area contributed by atoms with Crippen molar-refractivity contribution in [3.05, 3.63) is 59.7 Å². The zero-order valence-corrected chi connectivity index (χ0v) is 18.4. The Bertz CT molecular complexity index is 967. The molecule has 1 saturated heterocycles. The van der Waals surface area contributed by atoms with E-state index in [1.54, 1.807) is 11.3 Å². The summed E-state index contributed by atoms with van der Waals surface area (Å²) in [7, 11) is 0. The fraction of sp³-hybridized carbons (Fsp3) is 0.417. The van der Waals surface area contributed by atoms with Crippen LogP contribution in [0.2, 0.25) is 0 Å². The smallest absolute Gasteiger partial charge is 0.233 e. The summed E-state index contributed by atoms with van der Waals surface area (Å²) in [6.45, 7) is 7.35. The molecule has 3 aromatic rings. The molecule has 2 heterocycles. The van der Waals surface area contributed by atoms with E-state index >= 15 is 0 Å². The van der Waals surface area contributed by atoms with Gasteiger partial charge in [0.25, 0.3) is 0 Å². The summed E-state index contributed by atoms with van der Waals surface area (Å²) in [5.41, 5.74) is 3.31. The summed E-state index contributed by atoms with van der Waals surface area (Å²) in [5, 5.41) is 0.814. The summed E-state index contributed by atoms with van der Waals surface area (Å²) in [5.74, 6) is 0.111. The van der Waals surface area contributed by atoms with E-state index in [0.29, 0.717) is 13.0 Å². The minimum atomic E-state index is 0.111. The van der Waals surface area contributed by atoms with Gasteiger partial charge in [-0.25, -0.2) is 4.98 Å². The van der Waals surface area contributed by atoms with E-state index in [9.17, 15) is 4.79 Å². The molecule has 4 rings (SSSR count). The second kappa shape index (κ2) is 10.2. The number of morpholine rings is 1. The average Bonchev–Trinajstić information content (AvgIpc) is 3.22. The van der Waals surface area contributed by atoms with Gasteiger partial charge >= 0.3 is 0 Å². The summed E-state index contributed by atoms with van der Waals surface area (Å²) < 4.78 is 6.59. The first-order valence-electron chi connectivity index (χ1n) is 10.8. The predicted molar refractivity (Wildman–Crippen MR) is 123 cm³/mol. The van der Waals surface area contributed by atoms with Crippen molar-refractivity contribution in [1.82, 2.24) is 9.88 Å². The first-order chi connectivity index (χ1) is 14.7. The molecule has 30 heavy (non-hydrogen) atoms. The van der Waals surface area contributed by atoms with Gasteiger partial charge in [0.05, 0.1) is 29.9 Å². The van der Waals surface area contributed by atoms with Crippen molar-refractivity contribution in [2.75, 3.05) is 44.3 Å². The summed E-state index contributed by atoms with van der Waals surface area (Å²) in [6, 6.07) is 16.3. The Morgan fingerprint density at radius 3 is 2.70 bits per heavy atom. The van der Waals surface area contributed by atoms with E-state index in [-0.39, 0.29) is 5.91 Å². The number of nitrogens with zero attached hydrogens (tertiary/aromatic N) is 3. The van der Waals surface area contributed by atoms with Crippen molar-refractivity contribution in [1.29, 1.82) is 0 Å². The highest BCUT2D eigenvalue weighted by molar-refractivity contribution is 7.22. The van der Waals surface area contributed by atoms with Gasteiger partial charge in [0.1, 0.15) is 0 Å². The van der Waals surface area contributed by atoms with Crippen molar-refractivity contribution in [2.45, 2.75) is 26.2 Å². The predicted octanol–water partition coefficient (Wildman–Crippen LogP) is 4.16. The normalized spacial score (nSPS) is 14.8. The van der Waals surface area contributed by atoms with Gasteiger partial charge in [-0.2, -0.15) is 0 Å². The van der Waals surface area contributed by atoms with Gasteiger partial charge in [-0.3, -0.25) is 14.6 Å². The number of ether oxygens (including phenoxy) is 1. The Kier molecular flexibility index (Phi) is 7.10. The molecule has 1 fully saturated rings. The van der Waals surface area contributed by atoms with Crippen LogP contribution in [0.3, 0.4) is 0 Å². The van der Waals surface area contributed by atoms with Gasteiger partial charge in [-0.05, 0) is 30.0 Å². The SMILES string of the molecule is CCc1cccc2sc(N(CCCN3CCOCC3)C(=O)Cc3ccccc3)nc12. The Balaban J connectivity index is 1.53. The van der Waals surface area contributed by atoms with Crippen LogP contribution in [0.1, 0.15) is 24.5 Å². The molecule has 1 aromatic heterocycles. The minimum absolute atomic E-state index is 0.111. The lowest BCUT2D eigenvalue weighted by molar-refractivity contribution is -0.118. The Labute approximate surface area is 182 Å². The standard InChI is InChI=1S/C24H29N3O2S/c1-2-20-10-6-11-21-23(20)25-24(30-21)27(13-7-12-26-14-16-29-17-15-26)22(28)18-19-8-4-3-5-9-19/h3-6,8-11H,2,7,12-18H2,1H3. The highest BCUT2D eigenvalue weighted by atomic mass is 32.1. The average molecular weight is 424 g/mol. The van der Waals surface area contributed by atoms with Crippen molar-refractivity contribution < 1.29 is 9.53 Å². The van der Waals surface area contributed by atoms with E-state index in [2.05, 4.69) is 30.0 Å². The zero-order valence-electron chi connectivity index (χ0n) is 17.5. The zero-order chi connectivity index (χ0) is 20.8. The lowest BCUT2D eigenvalue weighted by Crippen LogP contribution is -2.39. The molecule has 0 radical (unpaired) electrons. The molecule has 6 heteroatoms. The maximum Gasteiger partial charge on any atom is 0.233 e. The molecule has 0 N–H and O–H groups in total. The third-order valence-electron chi connectivity index (χ3n) is 5.56. The van der Waals surface area contributed by atoms with Gasteiger partial charge in [-0.15, -0.1) is 0 Å². The number of fused-ring (bicyclic) bond motifs is 1. The second-order valence-electron chi connectivity index (χ2n) is 7.63. The number of amides is 1. The second-order valence-corrected chi connectivity index (χ2v) is 8.64. The molecule has 0 aliphatic carbocycles.